The fraction of sp³-hybridized carbons (Fsp3) is 0.355. The molecule has 1 N–H and O–H groups in total. The number of ether oxygens (including phenoxy) is 2. The van der Waals surface area contributed by atoms with Crippen molar-refractivity contribution in [1.82, 2.24) is 10.2 Å². The number of sulfonamides is 1. The normalized spacial score (nSPS) is 11.8. The molecule has 3 aromatic rings. The van der Waals surface area contributed by atoms with Crippen LogP contribution in [0.2, 0.25) is 0 Å². The molecule has 0 aliphatic heterocycles. The molecule has 2 amide bonds. The third kappa shape index (κ3) is 7.79. The summed E-state index contributed by atoms with van der Waals surface area (Å²) >= 11 is 0. The predicted octanol–water partition coefficient (Wildman–Crippen LogP) is 4.19. The van der Waals surface area contributed by atoms with Crippen molar-refractivity contribution in [2.75, 3.05) is 38.2 Å². The first-order valence-electron chi connectivity index (χ1n) is 13.6. The molecule has 0 radical (unpaired) electrons. The Balaban J connectivity index is 2.04. The number of carbonyl (C=O) groups excluding carboxylic acids is 2. The molecule has 0 bridgehead atoms. The van der Waals surface area contributed by atoms with Gasteiger partial charge in [-0.2, -0.15) is 0 Å². The lowest BCUT2D eigenvalue weighted by Crippen LogP contribution is -2.53. The molecular weight excluding hydrogens is 542 g/mol. The van der Waals surface area contributed by atoms with Crippen LogP contribution in [-0.4, -0.2) is 65.0 Å². The van der Waals surface area contributed by atoms with Crippen LogP contribution in [0.25, 0.3) is 0 Å². The highest BCUT2D eigenvalue weighted by atomic mass is 32.2. The predicted molar refractivity (Wildman–Crippen MR) is 160 cm³/mol. The molecule has 0 aromatic heterocycles. The van der Waals surface area contributed by atoms with E-state index < -0.39 is 28.5 Å². The van der Waals surface area contributed by atoms with Gasteiger partial charge in [0.15, 0.2) is 11.5 Å². The molecule has 0 fully saturated rings. The SMILES string of the molecule is CCNC(=O)[C@@H](CC)N(CCc1ccccc1)C(=O)CN(c1ccc(C)cc1)S(=O)(=O)c1ccc(OC)c(OC)c1. The van der Waals surface area contributed by atoms with Gasteiger partial charge in [0, 0.05) is 19.2 Å². The number of aryl methyl sites for hydroxylation is 1. The van der Waals surface area contributed by atoms with Crippen LogP contribution in [0.5, 0.6) is 11.5 Å². The van der Waals surface area contributed by atoms with Gasteiger partial charge in [0.1, 0.15) is 12.6 Å². The Morgan fingerprint density at radius 2 is 1.56 bits per heavy atom. The van der Waals surface area contributed by atoms with E-state index in [9.17, 15) is 18.0 Å². The van der Waals surface area contributed by atoms with Crippen molar-refractivity contribution in [2.45, 2.75) is 44.6 Å². The van der Waals surface area contributed by atoms with Gasteiger partial charge < -0.3 is 19.7 Å². The van der Waals surface area contributed by atoms with E-state index in [0.29, 0.717) is 30.8 Å². The number of benzene rings is 3. The summed E-state index contributed by atoms with van der Waals surface area (Å²) in [4.78, 5) is 28.5. The number of anilines is 1. The molecule has 3 aromatic carbocycles. The van der Waals surface area contributed by atoms with Crippen molar-refractivity contribution in [3.63, 3.8) is 0 Å². The molecular formula is C31H39N3O6S. The molecule has 1 atom stereocenters. The van der Waals surface area contributed by atoms with Crippen molar-refractivity contribution in [3.8, 4) is 11.5 Å². The van der Waals surface area contributed by atoms with Crippen LogP contribution in [0.3, 0.4) is 0 Å². The van der Waals surface area contributed by atoms with E-state index in [2.05, 4.69) is 5.32 Å². The Kier molecular flexibility index (Phi) is 11.2. The van der Waals surface area contributed by atoms with Crippen LogP contribution in [0.4, 0.5) is 5.69 Å². The van der Waals surface area contributed by atoms with E-state index >= 15 is 0 Å². The van der Waals surface area contributed by atoms with E-state index in [-0.39, 0.29) is 23.1 Å². The van der Waals surface area contributed by atoms with Gasteiger partial charge >= 0.3 is 0 Å². The van der Waals surface area contributed by atoms with Gasteiger partial charge in [-0.1, -0.05) is 55.0 Å². The number of likely N-dealkylation sites (N-methyl/N-ethyl adjacent to an activating group) is 1. The van der Waals surface area contributed by atoms with Gasteiger partial charge in [0.05, 0.1) is 24.8 Å². The van der Waals surface area contributed by atoms with Gasteiger partial charge in [-0.05, 0) is 56.5 Å². The molecule has 3 rings (SSSR count). The smallest absolute Gasteiger partial charge is 0.264 e. The van der Waals surface area contributed by atoms with Gasteiger partial charge in [-0.25, -0.2) is 8.42 Å². The largest absolute Gasteiger partial charge is 0.493 e. The molecule has 0 saturated carbocycles. The Morgan fingerprint density at radius 1 is 0.902 bits per heavy atom. The monoisotopic (exact) mass is 581 g/mol. The zero-order valence-corrected chi connectivity index (χ0v) is 25.1. The standard InChI is InChI=1S/C31H39N3O6S/c1-6-27(31(36)32-7-2)33(20-19-24-11-9-8-10-12-24)30(35)22-34(25-15-13-23(3)14-16-25)41(37,38)26-17-18-28(39-4)29(21-26)40-5/h8-18,21,27H,6-7,19-20,22H2,1-5H3,(H,32,36)/t27-/m1/s1. The first kappa shape index (κ1) is 31.5. The summed E-state index contributed by atoms with van der Waals surface area (Å²) in [6.07, 6.45) is 0.884. The fourth-order valence-electron chi connectivity index (χ4n) is 4.53. The lowest BCUT2D eigenvalue weighted by atomic mass is 10.1. The molecule has 10 heteroatoms. The van der Waals surface area contributed by atoms with E-state index in [4.69, 9.17) is 9.47 Å². The summed E-state index contributed by atoms with van der Waals surface area (Å²) in [6, 6.07) is 20.1. The number of carbonyl (C=O) groups is 2. The maximum Gasteiger partial charge on any atom is 0.264 e. The first-order chi connectivity index (χ1) is 19.7. The van der Waals surface area contributed by atoms with Crippen LogP contribution in [0, 0.1) is 6.92 Å². The number of amides is 2. The van der Waals surface area contributed by atoms with E-state index in [0.717, 1.165) is 15.4 Å². The Morgan fingerprint density at radius 3 is 2.15 bits per heavy atom. The molecule has 0 aliphatic carbocycles. The molecule has 41 heavy (non-hydrogen) atoms. The average Bonchev–Trinajstić information content (AvgIpc) is 2.98. The average molecular weight is 582 g/mol. The minimum absolute atomic E-state index is 0.0601. The molecule has 0 heterocycles. The molecule has 0 aliphatic rings. The number of hydrogen-bond acceptors (Lipinski definition) is 6. The Bertz CT molecular complexity index is 1410. The van der Waals surface area contributed by atoms with Gasteiger partial charge in [0.2, 0.25) is 11.8 Å². The van der Waals surface area contributed by atoms with Gasteiger partial charge in [-0.3, -0.25) is 13.9 Å². The van der Waals surface area contributed by atoms with Gasteiger partial charge in [0.25, 0.3) is 10.0 Å². The van der Waals surface area contributed by atoms with Crippen LogP contribution >= 0.6 is 0 Å². The summed E-state index contributed by atoms with van der Waals surface area (Å²) in [5.74, 6) is -0.135. The summed E-state index contributed by atoms with van der Waals surface area (Å²) in [7, 11) is -1.35. The highest BCUT2D eigenvalue weighted by Crippen LogP contribution is 2.32. The highest BCUT2D eigenvalue weighted by molar-refractivity contribution is 7.92. The van der Waals surface area contributed by atoms with Crippen molar-refractivity contribution in [2.24, 2.45) is 0 Å². The minimum atomic E-state index is -4.23. The lowest BCUT2D eigenvalue weighted by molar-refractivity contribution is -0.139. The van der Waals surface area contributed by atoms with Crippen molar-refractivity contribution < 1.29 is 27.5 Å². The number of nitrogens with one attached hydrogen (secondary N) is 1. The summed E-state index contributed by atoms with van der Waals surface area (Å²) < 4.78 is 39.8. The third-order valence-electron chi connectivity index (χ3n) is 6.76. The molecule has 220 valence electrons. The molecule has 0 unspecified atom stereocenters. The summed E-state index contributed by atoms with van der Waals surface area (Å²) in [5.41, 5.74) is 2.27. The second kappa shape index (κ2) is 14.5. The molecule has 0 saturated heterocycles. The first-order valence-corrected chi connectivity index (χ1v) is 15.0. The van der Waals surface area contributed by atoms with Gasteiger partial charge in [-0.15, -0.1) is 0 Å². The third-order valence-corrected chi connectivity index (χ3v) is 8.53. The van der Waals surface area contributed by atoms with E-state index in [1.807, 2.05) is 51.1 Å². The topological polar surface area (TPSA) is 105 Å². The Hall–Kier alpha value is -4.05. The Labute approximate surface area is 243 Å². The zero-order chi connectivity index (χ0) is 30.0. The van der Waals surface area contributed by atoms with Crippen LogP contribution in [-0.2, 0) is 26.0 Å². The number of nitrogens with zero attached hydrogens (tertiary/aromatic N) is 2. The molecule has 0 spiro atoms. The second-order valence-electron chi connectivity index (χ2n) is 9.51. The fourth-order valence-corrected chi connectivity index (χ4v) is 5.96. The van der Waals surface area contributed by atoms with E-state index in [1.54, 1.807) is 24.3 Å². The number of methoxy groups -OCH3 is 2. The van der Waals surface area contributed by atoms with Crippen LogP contribution in [0.1, 0.15) is 31.4 Å². The maximum atomic E-state index is 14.1. The summed E-state index contributed by atoms with van der Waals surface area (Å²) in [6.45, 7) is 5.71. The number of rotatable bonds is 14. The second-order valence-corrected chi connectivity index (χ2v) is 11.4. The van der Waals surface area contributed by atoms with E-state index in [1.165, 1.54) is 37.3 Å². The highest BCUT2D eigenvalue weighted by Gasteiger charge is 2.33. The minimum Gasteiger partial charge on any atom is -0.493 e. The van der Waals surface area contributed by atoms with Crippen LogP contribution in [0.15, 0.2) is 77.7 Å². The number of hydrogen-bond donors (Lipinski definition) is 1. The maximum absolute atomic E-state index is 14.1. The van der Waals surface area contributed by atoms with Crippen molar-refractivity contribution in [1.29, 1.82) is 0 Å². The van der Waals surface area contributed by atoms with Crippen molar-refractivity contribution >= 4 is 27.5 Å². The zero-order valence-electron chi connectivity index (χ0n) is 24.3. The molecule has 9 nitrogen and oxygen atoms in total. The summed E-state index contributed by atoms with van der Waals surface area (Å²) in [5, 5.41) is 2.81. The lowest BCUT2D eigenvalue weighted by Gasteiger charge is -2.33. The quantitative estimate of drug-likeness (QED) is 0.306. The van der Waals surface area contributed by atoms with Crippen LogP contribution < -0.4 is 19.1 Å². The van der Waals surface area contributed by atoms with Crippen molar-refractivity contribution in [3.05, 3.63) is 83.9 Å².